The molecule has 2 nitrogen and oxygen atoms in total. The van der Waals surface area contributed by atoms with E-state index in [1.54, 1.807) is 12.1 Å². The van der Waals surface area contributed by atoms with Crippen LogP contribution in [0.5, 0.6) is 5.75 Å². The highest BCUT2D eigenvalue weighted by atomic mass is 35.5. The van der Waals surface area contributed by atoms with Gasteiger partial charge in [0.1, 0.15) is 5.75 Å². The van der Waals surface area contributed by atoms with E-state index in [1.165, 1.54) is 25.7 Å². The largest absolute Gasteiger partial charge is 0.492 e. The summed E-state index contributed by atoms with van der Waals surface area (Å²) < 4.78 is 5.39. The fraction of sp³-hybridized carbons (Fsp3) is 0.588. The Labute approximate surface area is 136 Å². The van der Waals surface area contributed by atoms with Gasteiger partial charge in [0.05, 0.1) is 16.7 Å². The summed E-state index contributed by atoms with van der Waals surface area (Å²) in [5.41, 5.74) is 0.523. The molecule has 1 aliphatic rings. The number of carbonyl (C=O) groups is 1. The number of Topliss-reactive ketones (excluding diaryl/α,β-unsaturated/α-hetero) is 1. The van der Waals surface area contributed by atoms with Crippen molar-refractivity contribution in [3.8, 4) is 5.75 Å². The lowest BCUT2D eigenvalue weighted by Gasteiger charge is -2.14. The first-order chi connectivity index (χ1) is 10.1. The molecule has 0 unspecified atom stereocenters. The van der Waals surface area contributed by atoms with E-state index in [0.29, 0.717) is 40.3 Å². The second-order valence-electron chi connectivity index (χ2n) is 5.68. The zero-order valence-electron chi connectivity index (χ0n) is 12.5. The summed E-state index contributed by atoms with van der Waals surface area (Å²) in [6, 6.07) is 3.29. The van der Waals surface area contributed by atoms with E-state index in [0.717, 1.165) is 12.8 Å². The van der Waals surface area contributed by atoms with Crippen LogP contribution in [0.25, 0.3) is 0 Å². The van der Waals surface area contributed by atoms with Crippen LogP contribution in [0.2, 0.25) is 10.0 Å². The van der Waals surface area contributed by atoms with Crippen molar-refractivity contribution in [2.45, 2.75) is 51.9 Å². The lowest BCUT2D eigenvalue weighted by atomic mass is 9.92. The number of hydrogen-bond donors (Lipinski definition) is 0. The molecule has 0 aromatic heterocycles. The van der Waals surface area contributed by atoms with E-state index in [1.807, 2.05) is 6.92 Å². The van der Waals surface area contributed by atoms with Crippen LogP contribution in [-0.4, -0.2) is 12.4 Å². The van der Waals surface area contributed by atoms with E-state index >= 15 is 0 Å². The molecule has 1 saturated carbocycles. The molecule has 0 N–H and O–H groups in total. The first-order valence-corrected chi connectivity index (χ1v) is 8.52. The van der Waals surface area contributed by atoms with E-state index in [4.69, 9.17) is 27.9 Å². The molecule has 4 heteroatoms. The third kappa shape index (κ3) is 4.62. The van der Waals surface area contributed by atoms with E-state index in [-0.39, 0.29) is 5.78 Å². The number of rotatable bonds is 5. The van der Waals surface area contributed by atoms with Crippen molar-refractivity contribution in [2.75, 3.05) is 6.61 Å². The summed E-state index contributed by atoms with van der Waals surface area (Å²) in [6.45, 7) is 2.40. The molecule has 1 aromatic carbocycles. The lowest BCUT2D eigenvalue weighted by molar-refractivity contribution is 0.0957. The van der Waals surface area contributed by atoms with Crippen LogP contribution in [0.3, 0.4) is 0 Å². The summed E-state index contributed by atoms with van der Waals surface area (Å²) in [7, 11) is 0. The predicted octanol–water partition coefficient (Wildman–Crippen LogP) is 5.94. The summed E-state index contributed by atoms with van der Waals surface area (Å²) >= 11 is 12.4. The number of benzene rings is 1. The highest BCUT2D eigenvalue weighted by Gasteiger charge is 2.20. The van der Waals surface area contributed by atoms with Crippen LogP contribution in [0.15, 0.2) is 12.1 Å². The molecule has 0 spiro atoms. The number of ketones is 1. The molecule has 2 rings (SSSR count). The number of halogens is 2. The van der Waals surface area contributed by atoms with Crippen molar-refractivity contribution < 1.29 is 9.53 Å². The molecule has 0 atom stereocenters. The monoisotopic (exact) mass is 328 g/mol. The molecular formula is C17H22Cl2O2. The molecule has 0 bridgehead atoms. The van der Waals surface area contributed by atoms with Crippen LogP contribution in [0, 0.1) is 5.92 Å². The van der Waals surface area contributed by atoms with Crippen LogP contribution >= 0.6 is 23.2 Å². The Kier molecular flexibility index (Phi) is 6.38. The Bertz CT molecular complexity index is 492. The second-order valence-corrected chi connectivity index (χ2v) is 6.49. The van der Waals surface area contributed by atoms with Gasteiger partial charge in [0, 0.05) is 18.1 Å². The van der Waals surface area contributed by atoms with Gasteiger partial charge in [-0.3, -0.25) is 4.79 Å². The number of carbonyl (C=O) groups excluding carboxylic acids is 1. The van der Waals surface area contributed by atoms with E-state index < -0.39 is 0 Å². The van der Waals surface area contributed by atoms with Crippen molar-refractivity contribution in [1.82, 2.24) is 0 Å². The van der Waals surface area contributed by atoms with E-state index in [2.05, 4.69) is 0 Å². The van der Waals surface area contributed by atoms with Crippen molar-refractivity contribution in [1.29, 1.82) is 0 Å². The van der Waals surface area contributed by atoms with Gasteiger partial charge in [-0.15, -0.1) is 0 Å². The second kappa shape index (κ2) is 8.05. The topological polar surface area (TPSA) is 26.3 Å². The van der Waals surface area contributed by atoms with Crippen molar-refractivity contribution in [2.24, 2.45) is 5.92 Å². The maximum absolute atomic E-state index is 12.5. The molecule has 0 aliphatic heterocycles. The normalized spacial score (nSPS) is 16.5. The molecule has 1 aromatic rings. The van der Waals surface area contributed by atoms with Crippen molar-refractivity contribution >= 4 is 29.0 Å². The fourth-order valence-corrected chi connectivity index (χ4v) is 3.43. The summed E-state index contributed by atoms with van der Waals surface area (Å²) in [5.74, 6) is 1.12. The minimum Gasteiger partial charge on any atom is -0.492 e. The maximum Gasteiger partial charge on any atom is 0.164 e. The predicted molar refractivity (Wildman–Crippen MR) is 87.8 cm³/mol. The average molecular weight is 329 g/mol. The molecule has 0 heterocycles. The third-order valence-electron chi connectivity index (χ3n) is 4.07. The third-order valence-corrected chi connectivity index (χ3v) is 4.68. The average Bonchev–Trinajstić information content (AvgIpc) is 2.71. The van der Waals surface area contributed by atoms with Crippen LogP contribution in [0.1, 0.15) is 62.2 Å². The van der Waals surface area contributed by atoms with Gasteiger partial charge in [0.2, 0.25) is 0 Å². The smallest absolute Gasteiger partial charge is 0.164 e. The summed E-state index contributed by atoms with van der Waals surface area (Å²) in [5, 5.41) is 0.881. The van der Waals surface area contributed by atoms with Gasteiger partial charge in [0.25, 0.3) is 0 Å². The minimum absolute atomic E-state index is 0.0943. The van der Waals surface area contributed by atoms with Gasteiger partial charge in [-0.25, -0.2) is 0 Å². The summed E-state index contributed by atoms with van der Waals surface area (Å²) in [4.78, 5) is 12.5. The maximum atomic E-state index is 12.5. The molecule has 0 saturated heterocycles. The number of hydrogen-bond acceptors (Lipinski definition) is 2. The molecule has 1 fully saturated rings. The highest BCUT2D eigenvalue weighted by Crippen LogP contribution is 2.33. The first-order valence-electron chi connectivity index (χ1n) is 7.76. The van der Waals surface area contributed by atoms with Gasteiger partial charge in [-0.2, -0.15) is 0 Å². The Morgan fingerprint density at radius 1 is 1.14 bits per heavy atom. The lowest BCUT2D eigenvalue weighted by Crippen LogP contribution is -2.09. The fourth-order valence-electron chi connectivity index (χ4n) is 2.95. The quantitative estimate of drug-likeness (QED) is 0.494. The molecular weight excluding hydrogens is 307 g/mol. The van der Waals surface area contributed by atoms with Gasteiger partial charge in [0.15, 0.2) is 5.78 Å². The van der Waals surface area contributed by atoms with Gasteiger partial charge in [-0.1, -0.05) is 61.7 Å². The Hall–Kier alpha value is -0.730. The standard InChI is InChI=1S/C17H22Cl2O2/c1-2-21-17-11-14(18)13(10-15(17)19)16(20)9-12-7-5-3-4-6-8-12/h10-12H,2-9H2,1H3. The Morgan fingerprint density at radius 2 is 1.81 bits per heavy atom. The molecule has 21 heavy (non-hydrogen) atoms. The van der Waals surface area contributed by atoms with Gasteiger partial charge in [-0.05, 0) is 18.9 Å². The number of ether oxygens (including phenoxy) is 1. The van der Waals surface area contributed by atoms with Crippen LogP contribution in [-0.2, 0) is 0 Å². The van der Waals surface area contributed by atoms with Gasteiger partial charge >= 0.3 is 0 Å². The SMILES string of the molecule is CCOc1cc(Cl)c(C(=O)CC2CCCCCC2)cc1Cl. The zero-order valence-corrected chi connectivity index (χ0v) is 14.0. The molecule has 0 radical (unpaired) electrons. The summed E-state index contributed by atoms with van der Waals surface area (Å²) in [6.07, 6.45) is 7.92. The molecule has 0 amide bonds. The Morgan fingerprint density at radius 3 is 2.43 bits per heavy atom. The van der Waals surface area contributed by atoms with Crippen molar-refractivity contribution in [3.63, 3.8) is 0 Å². The van der Waals surface area contributed by atoms with Crippen molar-refractivity contribution in [3.05, 3.63) is 27.7 Å². The van der Waals surface area contributed by atoms with Crippen LogP contribution < -0.4 is 4.74 Å². The Balaban J connectivity index is 2.09. The van der Waals surface area contributed by atoms with Gasteiger partial charge < -0.3 is 4.74 Å². The van der Waals surface area contributed by atoms with Crippen LogP contribution in [0.4, 0.5) is 0 Å². The minimum atomic E-state index is 0.0943. The molecule has 116 valence electrons. The first kappa shape index (κ1) is 16.6. The molecule has 1 aliphatic carbocycles. The zero-order chi connectivity index (χ0) is 15.2. The highest BCUT2D eigenvalue weighted by molar-refractivity contribution is 6.36. The van der Waals surface area contributed by atoms with E-state index in [9.17, 15) is 4.79 Å².